The fraction of sp³-hybridized carbons (Fsp3) is 0.423. The van der Waals surface area contributed by atoms with Crippen LogP contribution in [0.15, 0.2) is 24.3 Å². The molecule has 0 amide bonds. The van der Waals surface area contributed by atoms with Crippen molar-refractivity contribution in [2.75, 3.05) is 37.1 Å². The predicted molar refractivity (Wildman–Crippen MR) is 145 cm³/mol. The quantitative estimate of drug-likeness (QED) is 0.254. The second-order valence-corrected chi connectivity index (χ2v) is 9.73. The summed E-state index contributed by atoms with van der Waals surface area (Å²) in [5.74, 6) is 0.0653. The molecule has 0 saturated carbocycles. The standard InChI is InChI=1S/C26H33ClN6O3/c1-26(2,3)36-21(25(34)35)19-17(15-9-11-16(27)12-10-15)18-20(29-4)24(31-6)33(14-8-7-13-28)23(18)32-22(19)30-5/h9-12,21,29,31H,7-8,14H2,1-6H3,(H,30,32)(H,34,35)/t21-/m0/s1. The van der Waals surface area contributed by atoms with Gasteiger partial charge in [0.15, 0.2) is 6.10 Å². The molecule has 0 fully saturated rings. The molecule has 0 radical (unpaired) electrons. The average Bonchev–Trinajstić information content (AvgIpc) is 3.13. The lowest BCUT2D eigenvalue weighted by Gasteiger charge is -2.28. The van der Waals surface area contributed by atoms with Crippen molar-refractivity contribution in [2.45, 2.75) is 51.9 Å². The zero-order valence-corrected chi connectivity index (χ0v) is 22.2. The number of fused-ring (bicyclic) bond motifs is 1. The number of anilines is 3. The number of carboxylic acids is 1. The van der Waals surface area contributed by atoms with Gasteiger partial charge in [-0.1, -0.05) is 23.7 Å². The van der Waals surface area contributed by atoms with E-state index in [1.807, 2.05) is 51.6 Å². The third kappa shape index (κ3) is 5.35. The maximum absolute atomic E-state index is 12.6. The number of carbonyl (C=O) groups is 1. The molecule has 2 aromatic heterocycles. The topological polar surface area (TPSA) is 124 Å². The van der Waals surface area contributed by atoms with Gasteiger partial charge in [-0.05, 0) is 44.9 Å². The van der Waals surface area contributed by atoms with E-state index in [0.717, 1.165) is 22.5 Å². The Morgan fingerprint density at radius 3 is 2.36 bits per heavy atom. The van der Waals surface area contributed by atoms with Gasteiger partial charge >= 0.3 is 5.97 Å². The van der Waals surface area contributed by atoms with Gasteiger partial charge in [0.25, 0.3) is 0 Å². The van der Waals surface area contributed by atoms with Crippen molar-refractivity contribution in [3.8, 4) is 17.2 Å². The van der Waals surface area contributed by atoms with E-state index >= 15 is 0 Å². The maximum atomic E-state index is 12.6. The van der Waals surface area contributed by atoms with Gasteiger partial charge in [0.05, 0.1) is 22.7 Å². The first-order valence-corrected chi connectivity index (χ1v) is 12.1. The second kappa shape index (κ2) is 11.1. The van der Waals surface area contributed by atoms with Crippen LogP contribution in [0.25, 0.3) is 22.2 Å². The Morgan fingerprint density at radius 2 is 1.86 bits per heavy atom. The third-order valence-corrected chi connectivity index (χ3v) is 5.96. The molecule has 9 nitrogen and oxygen atoms in total. The highest BCUT2D eigenvalue weighted by molar-refractivity contribution is 6.30. The van der Waals surface area contributed by atoms with Crippen molar-refractivity contribution in [3.05, 3.63) is 34.9 Å². The molecule has 0 spiro atoms. The van der Waals surface area contributed by atoms with Crippen LogP contribution in [0, 0.1) is 11.3 Å². The molecule has 0 aliphatic carbocycles. The number of carboxylic acid groups (broad SMARTS) is 1. The lowest BCUT2D eigenvalue weighted by Crippen LogP contribution is -2.28. The number of rotatable bonds is 10. The molecule has 1 atom stereocenters. The van der Waals surface area contributed by atoms with E-state index in [4.69, 9.17) is 26.6 Å². The van der Waals surface area contributed by atoms with Gasteiger partial charge in [-0.2, -0.15) is 5.26 Å². The van der Waals surface area contributed by atoms with Gasteiger partial charge in [0.2, 0.25) is 0 Å². The summed E-state index contributed by atoms with van der Waals surface area (Å²) >= 11 is 6.20. The summed E-state index contributed by atoms with van der Waals surface area (Å²) < 4.78 is 8.11. The average molecular weight is 513 g/mol. The third-order valence-electron chi connectivity index (χ3n) is 5.71. The highest BCUT2D eigenvalue weighted by atomic mass is 35.5. The van der Waals surface area contributed by atoms with E-state index in [9.17, 15) is 9.90 Å². The van der Waals surface area contributed by atoms with Crippen molar-refractivity contribution in [3.63, 3.8) is 0 Å². The molecule has 0 aliphatic heterocycles. The number of halogens is 1. The minimum absolute atomic E-state index is 0.397. The van der Waals surface area contributed by atoms with Crippen LogP contribution in [-0.2, 0) is 16.1 Å². The molecule has 0 unspecified atom stereocenters. The van der Waals surface area contributed by atoms with Crippen LogP contribution in [0.3, 0.4) is 0 Å². The number of pyridine rings is 1. The molecule has 1 aromatic carbocycles. The number of benzene rings is 1. The molecule has 36 heavy (non-hydrogen) atoms. The van der Waals surface area contributed by atoms with Gasteiger partial charge in [-0.15, -0.1) is 0 Å². The summed E-state index contributed by atoms with van der Waals surface area (Å²) in [4.78, 5) is 17.5. The van der Waals surface area contributed by atoms with Crippen molar-refractivity contribution in [2.24, 2.45) is 0 Å². The van der Waals surface area contributed by atoms with Crippen LogP contribution in [0.5, 0.6) is 0 Å². The number of aromatic nitrogens is 2. The molecular formula is C26H33ClN6O3. The highest BCUT2D eigenvalue weighted by Crippen LogP contribution is 2.47. The number of nitriles is 1. The Balaban J connectivity index is 2.54. The van der Waals surface area contributed by atoms with E-state index in [1.165, 1.54) is 0 Å². The number of hydrogen-bond donors (Lipinski definition) is 4. The molecule has 3 rings (SSSR count). The van der Waals surface area contributed by atoms with E-state index in [2.05, 4.69) is 22.0 Å². The van der Waals surface area contributed by atoms with Crippen molar-refractivity contribution in [1.82, 2.24) is 9.55 Å². The zero-order valence-electron chi connectivity index (χ0n) is 21.5. The van der Waals surface area contributed by atoms with Gasteiger partial charge < -0.3 is 30.4 Å². The molecule has 4 N–H and O–H groups in total. The summed E-state index contributed by atoms with van der Waals surface area (Å²) in [6, 6.07) is 9.46. The lowest BCUT2D eigenvalue weighted by molar-refractivity contribution is -0.160. The van der Waals surface area contributed by atoms with Crippen LogP contribution >= 0.6 is 11.6 Å². The monoisotopic (exact) mass is 512 g/mol. The Hall–Kier alpha value is -3.48. The number of nitrogens with one attached hydrogen (secondary N) is 3. The molecule has 10 heteroatoms. The fourth-order valence-corrected chi connectivity index (χ4v) is 4.49. The Kier molecular flexibility index (Phi) is 8.33. The summed E-state index contributed by atoms with van der Waals surface area (Å²) in [5, 5.41) is 30.3. The molecule has 3 aromatic rings. The minimum Gasteiger partial charge on any atom is -0.479 e. The van der Waals surface area contributed by atoms with Crippen LogP contribution < -0.4 is 16.0 Å². The van der Waals surface area contributed by atoms with Gasteiger partial charge in [0.1, 0.15) is 17.3 Å². The SMILES string of the molecule is CNc1nc2c(c(NC)c(NC)n2CCCC#N)c(-c2ccc(Cl)cc2)c1[C@H](OC(C)(C)C)C(=O)O. The molecular weight excluding hydrogens is 480 g/mol. The Morgan fingerprint density at radius 1 is 1.19 bits per heavy atom. The van der Waals surface area contributed by atoms with Gasteiger partial charge in [-0.3, -0.25) is 0 Å². The predicted octanol–water partition coefficient (Wildman–Crippen LogP) is 5.73. The summed E-state index contributed by atoms with van der Waals surface area (Å²) in [6.07, 6.45) is -0.253. The first-order valence-electron chi connectivity index (χ1n) is 11.7. The Labute approximate surface area is 216 Å². The number of aliphatic carboxylic acids is 1. The Bertz CT molecular complexity index is 1290. The summed E-state index contributed by atoms with van der Waals surface area (Å²) in [5.41, 5.74) is 2.56. The highest BCUT2D eigenvalue weighted by Gasteiger charge is 2.35. The molecule has 0 bridgehead atoms. The van der Waals surface area contributed by atoms with Crippen molar-refractivity contribution >= 4 is 45.9 Å². The van der Waals surface area contributed by atoms with E-state index in [0.29, 0.717) is 47.0 Å². The van der Waals surface area contributed by atoms with Gasteiger partial charge in [0, 0.05) is 50.3 Å². The molecule has 0 saturated heterocycles. The second-order valence-electron chi connectivity index (χ2n) is 9.29. The molecule has 192 valence electrons. The lowest BCUT2D eigenvalue weighted by atomic mass is 9.93. The molecule has 2 heterocycles. The molecule has 0 aliphatic rings. The van der Waals surface area contributed by atoms with Crippen LogP contribution in [0.1, 0.15) is 45.3 Å². The number of aryl methyl sites for hydroxylation is 1. The number of unbranched alkanes of at least 4 members (excludes halogenated alkanes) is 1. The zero-order chi connectivity index (χ0) is 26.6. The number of nitrogens with zero attached hydrogens (tertiary/aromatic N) is 3. The van der Waals surface area contributed by atoms with E-state index < -0.39 is 17.7 Å². The van der Waals surface area contributed by atoms with E-state index in [-0.39, 0.29) is 0 Å². The van der Waals surface area contributed by atoms with Crippen LogP contribution in [0.2, 0.25) is 5.02 Å². The van der Waals surface area contributed by atoms with Crippen molar-refractivity contribution in [1.29, 1.82) is 5.26 Å². The van der Waals surface area contributed by atoms with Crippen LogP contribution in [-0.4, -0.2) is 47.4 Å². The largest absolute Gasteiger partial charge is 0.479 e. The first kappa shape index (κ1) is 27.1. The number of ether oxygens (including phenoxy) is 1. The smallest absolute Gasteiger partial charge is 0.337 e. The van der Waals surface area contributed by atoms with E-state index in [1.54, 1.807) is 19.2 Å². The first-order chi connectivity index (χ1) is 17.1. The normalized spacial score (nSPS) is 12.3. The minimum atomic E-state index is -1.29. The number of hydrogen-bond acceptors (Lipinski definition) is 7. The fourth-order valence-electron chi connectivity index (χ4n) is 4.36. The summed E-state index contributed by atoms with van der Waals surface area (Å²) in [6.45, 7) is 6.01. The summed E-state index contributed by atoms with van der Waals surface area (Å²) in [7, 11) is 5.34. The van der Waals surface area contributed by atoms with Crippen molar-refractivity contribution < 1.29 is 14.6 Å². The maximum Gasteiger partial charge on any atom is 0.337 e. The van der Waals surface area contributed by atoms with Gasteiger partial charge in [-0.25, -0.2) is 9.78 Å². The van der Waals surface area contributed by atoms with Crippen LogP contribution in [0.4, 0.5) is 17.3 Å².